The second-order valence-corrected chi connectivity index (χ2v) is 4.30. The molecule has 0 aliphatic carbocycles. The van der Waals surface area contributed by atoms with Crippen molar-refractivity contribution >= 4 is 5.96 Å². The third kappa shape index (κ3) is 6.15. The minimum atomic E-state index is -3.21. The Balaban J connectivity index is 2.32. The molecule has 4 nitrogen and oxygen atoms in total. The third-order valence-electron chi connectivity index (χ3n) is 2.66. The fourth-order valence-electron chi connectivity index (χ4n) is 1.61. The van der Waals surface area contributed by atoms with Gasteiger partial charge in [-0.25, -0.2) is 0 Å². The summed E-state index contributed by atoms with van der Waals surface area (Å²) in [5, 5.41) is 2.94. The molecule has 0 spiro atoms. The molecule has 106 valence electrons. The van der Waals surface area contributed by atoms with Crippen LogP contribution in [0, 0.1) is 0 Å². The molecule has 1 aromatic rings. The minimum absolute atomic E-state index is 0.138. The maximum absolute atomic E-state index is 13.1. The van der Waals surface area contributed by atoms with E-state index in [-0.39, 0.29) is 6.54 Å². The van der Waals surface area contributed by atoms with E-state index in [1.54, 1.807) is 0 Å². The molecule has 1 aromatic carbocycles. The summed E-state index contributed by atoms with van der Waals surface area (Å²) in [6, 6.07) is 4.83. The molecule has 0 amide bonds. The van der Waals surface area contributed by atoms with E-state index in [2.05, 4.69) is 17.2 Å². The second kappa shape index (κ2) is 7.04. The van der Waals surface area contributed by atoms with E-state index in [4.69, 9.17) is 11.5 Å². The first-order valence-electron chi connectivity index (χ1n) is 6.20. The van der Waals surface area contributed by atoms with Crippen LogP contribution in [0.3, 0.4) is 0 Å². The van der Waals surface area contributed by atoms with Gasteiger partial charge in [0, 0.05) is 19.5 Å². The highest BCUT2D eigenvalue weighted by atomic mass is 19.3. The van der Waals surface area contributed by atoms with Crippen LogP contribution in [-0.2, 0) is 13.0 Å². The summed E-state index contributed by atoms with van der Waals surface area (Å²) in [6.45, 7) is 2.76. The predicted octanol–water partition coefficient (Wildman–Crippen LogP) is 1.59. The monoisotopic (exact) mass is 270 g/mol. The number of benzene rings is 1. The van der Waals surface area contributed by atoms with Gasteiger partial charge in [-0.2, -0.15) is 13.8 Å². The van der Waals surface area contributed by atoms with Gasteiger partial charge in [-0.1, -0.05) is 31.2 Å². The Bertz CT molecular complexity index is 411. The van der Waals surface area contributed by atoms with Gasteiger partial charge in [-0.15, -0.1) is 0 Å². The molecular formula is C13H20F2N4. The highest BCUT2D eigenvalue weighted by Crippen LogP contribution is 2.18. The second-order valence-electron chi connectivity index (χ2n) is 4.30. The molecule has 0 fully saturated rings. The number of aliphatic imine (C=N–C) groups is 1. The molecule has 0 heterocycles. The normalized spacial score (nSPS) is 11.3. The summed E-state index contributed by atoms with van der Waals surface area (Å²) in [5.41, 5.74) is 12.2. The molecule has 0 aliphatic rings. The molecule has 19 heavy (non-hydrogen) atoms. The van der Waals surface area contributed by atoms with Gasteiger partial charge < -0.3 is 16.8 Å². The molecule has 0 saturated carbocycles. The molecule has 0 unspecified atom stereocenters. The van der Waals surface area contributed by atoms with E-state index in [9.17, 15) is 8.78 Å². The summed E-state index contributed by atoms with van der Waals surface area (Å²) < 4.78 is 26.2. The molecular weight excluding hydrogens is 250 g/mol. The molecule has 0 bridgehead atoms. The molecule has 6 heteroatoms. The number of rotatable bonds is 7. The van der Waals surface area contributed by atoms with Gasteiger partial charge >= 0.3 is 6.05 Å². The predicted molar refractivity (Wildman–Crippen MR) is 72.9 cm³/mol. The van der Waals surface area contributed by atoms with Crippen molar-refractivity contribution in [1.29, 1.82) is 0 Å². The van der Waals surface area contributed by atoms with Crippen LogP contribution >= 0.6 is 0 Å². The van der Waals surface area contributed by atoms with Gasteiger partial charge in [-0.3, -0.25) is 0 Å². The van der Waals surface area contributed by atoms with Crippen LogP contribution < -0.4 is 16.8 Å². The maximum Gasteiger partial charge on any atom is 0.346 e. The van der Waals surface area contributed by atoms with Crippen molar-refractivity contribution in [3.63, 3.8) is 0 Å². The Morgan fingerprint density at radius 2 is 1.79 bits per heavy atom. The third-order valence-corrected chi connectivity index (χ3v) is 2.66. The van der Waals surface area contributed by atoms with Gasteiger partial charge in [0.25, 0.3) is 0 Å². The van der Waals surface area contributed by atoms with Gasteiger partial charge in [0.1, 0.15) is 0 Å². The Morgan fingerprint density at radius 3 is 2.32 bits per heavy atom. The van der Waals surface area contributed by atoms with E-state index in [1.807, 2.05) is 24.3 Å². The number of aryl methyl sites for hydroxylation is 1. The van der Waals surface area contributed by atoms with Crippen molar-refractivity contribution < 1.29 is 8.78 Å². The summed E-state index contributed by atoms with van der Waals surface area (Å²) >= 11 is 0. The fourth-order valence-corrected chi connectivity index (χ4v) is 1.61. The number of halogens is 2. The van der Waals surface area contributed by atoms with Crippen molar-refractivity contribution in [1.82, 2.24) is 5.32 Å². The van der Waals surface area contributed by atoms with Crippen molar-refractivity contribution in [2.75, 3.05) is 6.54 Å². The van der Waals surface area contributed by atoms with Crippen molar-refractivity contribution in [3.05, 3.63) is 35.4 Å². The summed E-state index contributed by atoms with van der Waals surface area (Å²) in [7, 11) is 0. The van der Waals surface area contributed by atoms with Crippen LogP contribution in [0.4, 0.5) is 8.78 Å². The van der Waals surface area contributed by atoms with E-state index in [0.717, 1.165) is 12.0 Å². The first-order chi connectivity index (χ1) is 8.93. The van der Waals surface area contributed by atoms with Gasteiger partial charge in [-0.05, 0) is 17.5 Å². The fraction of sp³-hybridized carbons (Fsp3) is 0.462. The van der Waals surface area contributed by atoms with Crippen molar-refractivity contribution in [2.24, 2.45) is 16.5 Å². The van der Waals surface area contributed by atoms with Gasteiger partial charge in [0.05, 0.1) is 0 Å². The summed E-state index contributed by atoms with van der Waals surface area (Å²) in [5.74, 6) is -0.597. The van der Waals surface area contributed by atoms with Gasteiger partial charge in [0.15, 0.2) is 5.96 Å². The molecule has 0 aliphatic heterocycles. The quantitative estimate of drug-likeness (QED) is 0.305. The summed E-state index contributed by atoms with van der Waals surface area (Å²) in [4.78, 5) is 2.88. The molecule has 1 rings (SSSR count). The lowest BCUT2D eigenvalue weighted by Gasteiger charge is -2.12. The first-order valence-corrected chi connectivity index (χ1v) is 6.20. The van der Waals surface area contributed by atoms with Crippen LogP contribution in [0.5, 0.6) is 0 Å². The number of hydrogen-bond acceptors (Lipinski definition) is 2. The average Bonchev–Trinajstić information content (AvgIpc) is 2.34. The zero-order valence-corrected chi connectivity index (χ0v) is 11.0. The number of nitrogens with two attached hydrogens (primary N) is 2. The van der Waals surface area contributed by atoms with Crippen LogP contribution in [0.2, 0.25) is 0 Å². The average molecular weight is 270 g/mol. The number of hydrogen-bond donors (Lipinski definition) is 3. The summed E-state index contributed by atoms with van der Waals surface area (Å²) in [6.07, 6.45) is 0.552. The lowest BCUT2D eigenvalue weighted by molar-refractivity contribution is 0.00250. The molecule has 0 radical (unpaired) electrons. The molecule has 0 aromatic heterocycles. The van der Waals surface area contributed by atoms with Crippen LogP contribution in [0.15, 0.2) is 29.3 Å². The van der Waals surface area contributed by atoms with E-state index < -0.39 is 18.4 Å². The Morgan fingerprint density at radius 1 is 1.21 bits per heavy atom. The number of nitrogens with zero attached hydrogens (tertiary/aromatic N) is 1. The highest BCUT2D eigenvalue weighted by Gasteiger charge is 2.27. The minimum Gasteiger partial charge on any atom is -0.370 e. The number of guanidine groups is 1. The smallest absolute Gasteiger partial charge is 0.346 e. The lowest BCUT2D eigenvalue weighted by atomic mass is 10.1. The zero-order chi connectivity index (χ0) is 14.3. The van der Waals surface area contributed by atoms with Crippen LogP contribution in [0.1, 0.15) is 24.5 Å². The molecule has 0 saturated heterocycles. The first kappa shape index (κ1) is 15.4. The Hall–Kier alpha value is -1.69. The van der Waals surface area contributed by atoms with E-state index >= 15 is 0 Å². The Labute approximate surface area is 111 Å². The SMILES string of the molecule is CCc1ccc(CNCCC(F)(F)N=C(N)N)cc1. The largest absolute Gasteiger partial charge is 0.370 e. The van der Waals surface area contributed by atoms with E-state index in [1.165, 1.54) is 5.56 Å². The topological polar surface area (TPSA) is 76.4 Å². The highest BCUT2D eigenvalue weighted by molar-refractivity contribution is 5.75. The molecule has 0 atom stereocenters. The van der Waals surface area contributed by atoms with Crippen LogP contribution in [-0.4, -0.2) is 18.6 Å². The molecule has 5 N–H and O–H groups in total. The van der Waals surface area contributed by atoms with Crippen molar-refractivity contribution in [2.45, 2.75) is 32.4 Å². The van der Waals surface area contributed by atoms with Gasteiger partial charge in [0.2, 0.25) is 0 Å². The Kier molecular flexibility index (Phi) is 5.69. The number of alkyl halides is 2. The zero-order valence-electron chi connectivity index (χ0n) is 11.0. The maximum atomic E-state index is 13.1. The van der Waals surface area contributed by atoms with Crippen molar-refractivity contribution in [3.8, 4) is 0 Å². The van der Waals surface area contributed by atoms with Crippen LogP contribution in [0.25, 0.3) is 0 Å². The lowest BCUT2D eigenvalue weighted by Crippen LogP contribution is -2.30. The van der Waals surface area contributed by atoms with E-state index in [0.29, 0.717) is 6.54 Å². The number of nitrogens with one attached hydrogen (secondary N) is 1. The standard InChI is InChI=1S/C13H20F2N4/c1-2-10-3-5-11(6-4-10)9-18-8-7-13(14,15)19-12(16)17/h3-6,18H,2,7-9H2,1H3,(H4,16,17,19).